The minimum Gasteiger partial charge on any atom is -0.501 e. The molecule has 3 nitrogen and oxygen atoms in total. The van der Waals surface area contributed by atoms with E-state index in [1.165, 1.54) is 12.0 Å². The third-order valence-electron chi connectivity index (χ3n) is 8.85. The second-order valence-electron chi connectivity index (χ2n) is 9.88. The summed E-state index contributed by atoms with van der Waals surface area (Å²) in [6.07, 6.45) is 11.8. The molecule has 0 aromatic carbocycles. The van der Waals surface area contributed by atoms with Crippen molar-refractivity contribution >= 4 is 6.29 Å². The fourth-order valence-corrected chi connectivity index (χ4v) is 7.59. The second kappa shape index (κ2) is 6.22. The van der Waals surface area contributed by atoms with Gasteiger partial charge in [-0.25, -0.2) is 0 Å². The highest BCUT2D eigenvalue weighted by Gasteiger charge is 2.61. The van der Waals surface area contributed by atoms with Gasteiger partial charge in [-0.2, -0.15) is 0 Å². The fourth-order valence-electron chi connectivity index (χ4n) is 7.59. The monoisotopic (exact) mass is 358 g/mol. The number of aliphatic hydroxyl groups is 1. The molecule has 0 heterocycles. The molecule has 0 spiro atoms. The van der Waals surface area contributed by atoms with Crippen LogP contribution in [0.4, 0.5) is 0 Å². The Bertz CT molecular complexity index is 650. The molecule has 8 atom stereocenters. The van der Waals surface area contributed by atoms with E-state index in [1.807, 2.05) is 0 Å². The van der Waals surface area contributed by atoms with Gasteiger partial charge in [0.1, 0.15) is 6.29 Å². The van der Waals surface area contributed by atoms with E-state index in [1.54, 1.807) is 7.11 Å². The van der Waals surface area contributed by atoms with Crippen LogP contribution < -0.4 is 0 Å². The number of carbonyl (C=O) groups is 1. The number of rotatable bonds is 3. The molecule has 4 aliphatic carbocycles. The first-order chi connectivity index (χ1) is 12.3. The number of aliphatic hydroxyl groups excluding tert-OH is 1. The van der Waals surface area contributed by atoms with E-state index >= 15 is 0 Å². The van der Waals surface area contributed by atoms with Crippen molar-refractivity contribution < 1.29 is 14.6 Å². The van der Waals surface area contributed by atoms with E-state index in [4.69, 9.17) is 4.74 Å². The van der Waals surface area contributed by atoms with E-state index in [9.17, 15) is 9.90 Å². The van der Waals surface area contributed by atoms with Crippen LogP contribution in [0.3, 0.4) is 0 Å². The first kappa shape index (κ1) is 18.3. The summed E-state index contributed by atoms with van der Waals surface area (Å²) in [6, 6.07) is 0. The van der Waals surface area contributed by atoms with Crippen LogP contribution in [0.5, 0.6) is 0 Å². The summed E-state index contributed by atoms with van der Waals surface area (Å²) in [6.45, 7) is 6.80. The van der Waals surface area contributed by atoms with Gasteiger partial charge in [-0.3, -0.25) is 0 Å². The molecule has 2 saturated carbocycles. The number of carbonyl (C=O) groups excluding carboxylic acids is 1. The van der Waals surface area contributed by atoms with Gasteiger partial charge in [0.15, 0.2) is 0 Å². The molecule has 0 aromatic rings. The highest BCUT2D eigenvalue weighted by molar-refractivity contribution is 5.54. The number of methoxy groups -OCH3 is 1. The van der Waals surface area contributed by atoms with Crippen LogP contribution in [0.15, 0.2) is 23.5 Å². The summed E-state index contributed by atoms with van der Waals surface area (Å²) in [5.74, 6) is 3.10. The van der Waals surface area contributed by atoms with Crippen molar-refractivity contribution in [2.45, 2.75) is 65.4 Å². The standard InChI is InChI=1S/C23H34O3/c1-14(13-24)18-7-8-19-17-6-5-15-11-16(26-4)9-10-22(15,2)21(17)20(25)12-23(18,19)3/h5,11,13-14,17-21,25H,6-10,12H2,1-4H3/t14?,17-,18+,19-,20-,21+,22-,23+/m0/s1. The van der Waals surface area contributed by atoms with E-state index in [2.05, 4.69) is 32.9 Å². The highest BCUT2D eigenvalue weighted by atomic mass is 16.5. The topological polar surface area (TPSA) is 46.5 Å². The molecule has 1 unspecified atom stereocenters. The number of aldehydes is 1. The van der Waals surface area contributed by atoms with Crippen LogP contribution in [0.2, 0.25) is 0 Å². The Morgan fingerprint density at radius 3 is 2.81 bits per heavy atom. The normalized spacial score (nSPS) is 48.4. The van der Waals surface area contributed by atoms with Crippen LogP contribution in [-0.4, -0.2) is 24.6 Å². The lowest BCUT2D eigenvalue weighted by Crippen LogP contribution is -2.56. The molecular weight excluding hydrogens is 324 g/mol. The van der Waals surface area contributed by atoms with Crippen molar-refractivity contribution in [1.29, 1.82) is 0 Å². The van der Waals surface area contributed by atoms with Gasteiger partial charge in [-0.05, 0) is 78.3 Å². The summed E-state index contributed by atoms with van der Waals surface area (Å²) >= 11 is 0. The molecule has 2 fully saturated rings. The average Bonchev–Trinajstić information content (AvgIpc) is 2.96. The van der Waals surface area contributed by atoms with E-state index < -0.39 is 0 Å². The zero-order valence-electron chi connectivity index (χ0n) is 16.7. The quantitative estimate of drug-likeness (QED) is 0.755. The van der Waals surface area contributed by atoms with Gasteiger partial charge in [0.2, 0.25) is 0 Å². The predicted octanol–water partition coefficient (Wildman–Crippen LogP) is 4.51. The maximum absolute atomic E-state index is 11.5. The smallest absolute Gasteiger partial charge is 0.123 e. The van der Waals surface area contributed by atoms with Crippen LogP contribution in [0, 0.1) is 40.4 Å². The minimum absolute atomic E-state index is 0.0556. The van der Waals surface area contributed by atoms with Gasteiger partial charge in [0.25, 0.3) is 0 Å². The lowest BCUT2D eigenvalue weighted by atomic mass is 9.46. The lowest BCUT2D eigenvalue weighted by Gasteiger charge is -2.59. The summed E-state index contributed by atoms with van der Waals surface area (Å²) < 4.78 is 5.51. The van der Waals surface area contributed by atoms with Crippen molar-refractivity contribution in [1.82, 2.24) is 0 Å². The minimum atomic E-state index is -0.271. The number of ether oxygens (including phenoxy) is 1. The summed E-state index contributed by atoms with van der Waals surface area (Å²) in [4.78, 5) is 11.5. The highest BCUT2D eigenvalue weighted by Crippen LogP contribution is 2.66. The van der Waals surface area contributed by atoms with Crippen molar-refractivity contribution in [2.24, 2.45) is 40.4 Å². The molecule has 4 rings (SSSR count). The molecule has 0 radical (unpaired) electrons. The number of fused-ring (bicyclic) bond motifs is 5. The molecule has 0 amide bonds. The van der Waals surface area contributed by atoms with Crippen LogP contribution in [0.25, 0.3) is 0 Å². The van der Waals surface area contributed by atoms with Crippen LogP contribution >= 0.6 is 0 Å². The van der Waals surface area contributed by atoms with Gasteiger partial charge in [-0.15, -0.1) is 0 Å². The van der Waals surface area contributed by atoms with Gasteiger partial charge in [0.05, 0.1) is 19.0 Å². The third-order valence-corrected chi connectivity index (χ3v) is 8.85. The Labute approximate surface area is 157 Å². The van der Waals surface area contributed by atoms with Crippen molar-refractivity contribution in [3.05, 3.63) is 23.5 Å². The Morgan fingerprint density at radius 1 is 1.35 bits per heavy atom. The summed E-state index contributed by atoms with van der Waals surface area (Å²) in [5, 5.41) is 11.3. The number of allylic oxidation sites excluding steroid dienone is 4. The van der Waals surface area contributed by atoms with Gasteiger partial charge in [0, 0.05) is 12.3 Å². The molecule has 0 aliphatic heterocycles. The van der Waals surface area contributed by atoms with Crippen LogP contribution in [0.1, 0.15) is 59.3 Å². The fraction of sp³-hybridized carbons (Fsp3) is 0.783. The molecule has 4 aliphatic rings. The Kier molecular flexibility index (Phi) is 4.38. The van der Waals surface area contributed by atoms with E-state index in [0.29, 0.717) is 23.7 Å². The molecule has 1 N–H and O–H groups in total. The number of hydrogen-bond acceptors (Lipinski definition) is 3. The largest absolute Gasteiger partial charge is 0.501 e. The lowest BCUT2D eigenvalue weighted by molar-refractivity contribution is -0.129. The average molecular weight is 359 g/mol. The number of hydrogen-bond donors (Lipinski definition) is 1. The predicted molar refractivity (Wildman–Crippen MR) is 102 cm³/mol. The zero-order chi connectivity index (χ0) is 18.7. The van der Waals surface area contributed by atoms with Gasteiger partial charge in [-0.1, -0.05) is 26.8 Å². The Balaban J connectivity index is 1.70. The molecule has 26 heavy (non-hydrogen) atoms. The van der Waals surface area contributed by atoms with Gasteiger partial charge < -0.3 is 14.6 Å². The molecular formula is C23H34O3. The summed E-state index contributed by atoms with van der Waals surface area (Å²) in [7, 11) is 1.76. The maximum atomic E-state index is 11.5. The maximum Gasteiger partial charge on any atom is 0.123 e. The van der Waals surface area contributed by atoms with Crippen LogP contribution in [-0.2, 0) is 9.53 Å². The van der Waals surface area contributed by atoms with Crippen molar-refractivity contribution in [2.75, 3.05) is 7.11 Å². The summed E-state index contributed by atoms with van der Waals surface area (Å²) in [5.41, 5.74) is 1.53. The molecule has 0 aromatic heterocycles. The first-order valence-electron chi connectivity index (χ1n) is 10.4. The SMILES string of the molecule is COC1=CC2=CC[C@@H]3[C@H]([C@@H](O)C[C@]4(C)[C@@H](C(C)C=O)CC[C@@H]34)[C@@]2(C)CC1. The third kappa shape index (κ3) is 2.38. The second-order valence-corrected chi connectivity index (χ2v) is 9.88. The Hall–Kier alpha value is -1.09. The van der Waals surface area contributed by atoms with E-state index in [-0.39, 0.29) is 22.9 Å². The van der Waals surface area contributed by atoms with Crippen molar-refractivity contribution in [3.8, 4) is 0 Å². The van der Waals surface area contributed by atoms with Crippen molar-refractivity contribution in [3.63, 3.8) is 0 Å². The molecule has 3 heteroatoms. The first-order valence-corrected chi connectivity index (χ1v) is 10.4. The zero-order valence-corrected chi connectivity index (χ0v) is 16.7. The molecule has 0 bridgehead atoms. The van der Waals surface area contributed by atoms with E-state index in [0.717, 1.165) is 44.1 Å². The van der Waals surface area contributed by atoms with Gasteiger partial charge >= 0.3 is 0 Å². The molecule has 144 valence electrons. The molecule has 0 saturated heterocycles. The Morgan fingerprint density at radius 2 is 2.12 bits per heavy atom.